The van der Waals surface area contributed by atoms with Crippen molar-refractivity contribution in [2.75, 3.05) is 6.26 Å². The molecule has 0 aromatic carbocycles. The molecule has 24 heavy (non-hydrogen) atoms. The Balaban J connectivity index is 2.02. The summed E-state index contributed by atoms with van der Waals surface area (Å²) in [5.41, 5.74) is 0.500. The van der Waals surface area contributed by atoms with Crippen LogP contribution in [0.4, 0.5) is 4.79 Å². The van der Waals surface area contributed by atoms with Crippen molar-refractivity contribution in [3.8, 4) is 5.75 Å². The smallest absolute Gasteiger partial charge is 0.414 e. The lowest BCUT2D eigenvalue weighted by molar-refractivity contribution is 0.0449. The van der Waals surface area contributed by atoms with E-state index >= 15 is 0 Å². The van der Waals surface area contributed by atoms with Gasteiger partial charge in [0.05, 0.1) is 17.5 Å². The molecule has 1 aliphatic carbocycles. The van der Waals surface area contributed by atoms with Gasteiger partial charge in [-0.25, -0.2) is 19.7 Å². The van der Waals surface area contributed by atoms with Gasteiger partial charge in [0.2, 0.25) is 0 Å². The first kappa shape index (κ1) is 15.3. The van der Waals surface area contributed by atoms with E-state index in [9.17, 15) is 19.8 Å². The molecular formula is C15H16N4O4S. The first-order valence-corrected chi connectivity index (χ1v) is 8.97. The van der Waals surface area contributed by atoms with Crippen LogP contribution in [0.3, 0.4) is 0 Å². The topological polar surface area (TPSA) is 109 Å². The number of rotatable bonds is 1. The van der Waals surface area contributed by atoms with Crippen LogP contribution >= 0.6 is 11.8 Å². The van der Waals surface area contributed by atoms with Crippen LogP contribution in [0.1, 0.15) is 42.2 Å². The summed E-state index contributed by atoms with van der Waals surface area (Å²) >= 11 is 1.37. The van der Waals surface area contributed by atoms with E-state index in [1.165, 1.54) is 18.0 Å². The second-order valence-electron chi connectivity index (χ2n) is 6.04. The monoisotopic (exact) mass is 348 g/mol. The van der Waals surface area contributed by atoms with E-state index in [0.29, 0.717) is 22.6 Å². The number of hydrogen-bond donors (Lipinski definition) is 2. The number of aromatic hydroxyl groups is 1. The number of hydrogen-bond acceptors (Lipinski definition) is 6. The van der Waals surface area contributed by atoms with Crippen molar-refractivity contribution in [2.45, 2.75) is 42.9 Å². The first-order valence-electron chi connectivity index (χ1n) is 7.75. The van der Waals surface area contributed by atoms with Crippen LogP contribution in [0.25, 0.3) is 11.0 Å². The molecule has 0 bridgehead atoms. The zero-order valence-corrected chi connectivity index (χ0v) is 13.8. The fraction of sp³-hybridized carbons (Fsp3) is 0.467. The van der Waals surface area contributed by atoms with Gasteiger partial charge < -0.3 is 14.8 Å². The maximum atomic E-state index is 12.8. The molecule has 0 radical (unpaired) electrons. The van der Waals surface area contributed by atoms with Gasteiger partial charge in [-0.3, -0.25) is 4.79 Å². The summed E-state index contributed by atoms with van der Waals surface area (Å²) in [6.45, 7) is 0. The summed E-state index contributed by atoms with van der Waals surface area (Å²) in [5, 5.41) is 20.9. The average molecular weight is 348 g/mol. The summed E-state index contributed by atoms with van der Waals surface area (Å²) < 4.78 is 1.73. The Labute approximate surface area is 141 Å². The van der Waals surface area contributed by atoms with Crippen LogP contribution in [-0.2, 0) is 0 Å². The van der Waals surface area contributed by atoms with Gasteiger partial charge >= 0.3 is 6.09 Å². The van der Waals surface area contributed by atoms with Gasteiger partial charge in [-0.2, -0.15) is 0 Å². The number of carboxylic acid groups (broad SMARTS) is 1. The van der Waals surface area contributed by atoms with E-state index in [0.717, 1.165) is 24.2 Å². The molecule has 0 saturated heterocycles. The minimum Gasteiger partial charge on any atom is -0.505 e. The third kappa shape index (κ3) is 1.94. The predicted octanol–water partition coefficient (Wildman–Crippen LogP) is 2.48. The highest BCUT2D eigenvalue weighted by atomic mass is 32.2. The second-order valence-corrected chi connectivity index (χ2v) is 6.81. The highest BCUT2D eigenvalue weighted by Crippen LogP contribution is 2.44. The van der Waals surface area contributed by atoms with E-state index in [1.54, 1.807) is 4.57 Å². The van der Waals surface area contributed by atoms with Gasteiger partial charge in [-0.15, -0.1) is 0 Å². The lowest BCUT2D eigenvalue weighted by Gasteiger charge is -2.42. The standard InChI is InChI=1S/C15H16N4O4S/c1-24-14-16-6-7-11(20)10-13(21)19(15(22)23)9-5-3-2-4-8(9)18(10)12(7)17-14/h6,8-9,20H,2-5H2,1H3,(H,22,23)/t8-,9-/m1/s1. The molecule has 1 aliphatic heterocycles. The highest BCUT2D eigenvalue weighted by molar-refractivity contribution is 7.98. The predicted molar refractivity (Wildman–Crippen MR) is 86.5 cm³/mol. The summed E-state index contributed by atoms with van der Waals surface area (Å²) in [4.78, 5) is 33.9. The molecule has 1 saturated carbocycles. The molecule has 2 aromatic heterocycles. The van der Waals surface area contributed by atoms with Crippen molar-refractivity contribution in [1.82, 2.24) is 19.4 Å². The maximum Gasteiger partial charge on any atom is 0.414 e. The van der Waals surface area contributed by atoms with Crippen LogP contribution < -0.4 is 0 Å². The number of fused-ring (bicyclic) bond motifs is 5. The molecule has 0 spiro atoms. The quantitative estimate of drug-likeness (QED) is 0.602. The molecule has 2 N–H and O–H groups in total. The van der Waals surface area contributed by atoms with Gasteiger partial charge in [0.15, 0.2) is 16.6 Å². The van der Waals surface area contributed by atoms with Crippen LogP contribution in [0.2, 0.25) is 0 Å². The molecule has 2 amide bonds. The van der Waals surface area contributed by atoms with Crippen molar-refractivity contribution < 1.29 is 19.8 Å². The Morgan fingerprint density at radius 3 is 2.71 bits per heavy atom. The zero-order valence-electron chi connectivity index (χ0n) is 13.0. The van der Waals surface area contributed by atoms with Gasteiger partial charge in [-0.1, -0.05) is 24.6 Å². The third-order valence-corrected chi connectivity index (χ3v) is 5.42. The van der Waals surface area contributed by atoms with E-state index in [2.05, 4.69) is 9.97 Å². The summed E-state index contributed by atoms with van der Waals surface area (Å²) in [7, 11) is 0. The molecule has 3 heterocycles. The number of aromatic nitrogens is 3. The second kappa shape index (κ2) is 5.37. The Morgan fingerprint density at radius 2 is 2.04 bits per heavy atom. The lowest BCUT2D eigenvalue weighted by Crippen LogP contribution is -2.53. The number of carbonyl (C=O) groups excluding carboxylic acids is 1. The van der Waals surface area contributed by atoms with Gasteiger partial charge in [0.1, 0.15) is 5.65 Å². The molecule has 8 nitrogen and oxygen atoms in total. The number of nitrogens with zero attached hydrogens (tertiary/aromatic N) is 4. The van der Waals surface area contributed by atoms with E-state index in [-0.39, 0.29) is 17.5 Å². The maximum absolute atomic E-state index is 12.8. The van der Waals surface area contributed by atoms with Crippen molar-refractivity contribution in [3.63, 3.8) is 0 Å². The normalized spacial score (nSPS) is 23.2. The minimum atomic E-state index is -1.27. The van der Waals surface area contributed by atoms with Gasteiger partial charge in [-0.05, 0) is 19.1 Å². The van der Waals surface area contributed by atoms with Crippen molar-refractivity contribution in [2.24, 2.45) is 0 Å². The molecule has 9 heteroatoms. The van der Waals surface area contributed by atoms with Crippen LogP contribution in [0.5, 0.6) is 5.75 Å². The molecule has 126 valence electrons. The van der Waals surface area contributed by atoms with E-state index in [4.69, 9.17) is 0 Å². The van der Waals surface area contributed by atoms with Crippen LogP contribution in [0, 0.1) is 0 Å². The van der Waals surface area contributed by atoms with Crippen LogP contribution in [-0.4, -0.2) is 53.9 Å². The Kier molecular flexibility index (Phi) is 3.41. The van der Waals surface area contributed by atoms with E-state index < -0.39 is 18.0 Å². The third-order valence-electron chi connectivity index (χ3n) is 4.86. The summed E-state index contributed by atoms with van der Waals surface area (Å²) in [5.74, 6) is -0.926. The molecule has 1 fully saturated rings. The number of thioether (sulfide) groups is 1. The first-order chi connectivity index (χ1) is 11.5. The van der Waals surface area contributed by atoms with Crippen molar-refractivity contribution in [3.05, 3.63) is 11.9 Å². The Bertz CT molecular complexity index is 865. The van der Waals surface area contributed by atoms with Crippen LogP contribution in [0.15, 0.2) is 11.4 Å². The Hall–Kier alpha value is -2.29. The van der Waals surface area contributed by atoms with Crippen molar-refractivity contribution >= 4 is 34.8 Å². The average Bonchev–Trinajstić information content (AvgIpc) is 2.88. The molecular weight excluding hydrogens is 332 g/mol. The number of carbonyl (C=O) groups is 2. The lowest BCUT2D eigenvalue weighted by atomic mass is 9.87. The fourth-order valence-electron chi connectivity index (χ4n) is 3.87. The van der Waals surface area contributed by atoms with Gasteiger partial charge in [0, 0.05) is 6.20 Å². The molecule has 2 aromatic rings. The fourth-order valence-corrected chi connectivity index (χ4v) is 4.20. The number of imide groups is 1. The van der Waals surface area contributed by atoms with Crippen molar-refractivity contribution in [1.29, 1.82) is 0 Å². The van der Waals surface area contributed by atoms with E-state index in [1.807, 2.05) is 6.26 Å². The summed E-state index contributed by atoms with van der Waals surface area (Å²) in [6.07, 6.45) is 5.27. The minimum absolute atomic E-state index is 0.00287. The van der Waals surface area contributed by atoms with Gasteiger partial charge in [0.25, 0.3) is 5.91 Å². The molecule has 2 atom stereocenters. The largest absolute Gasteiger partial charge is 0.505 e. The zero-order chi connectivity index (χ0) is 17.0. The Morgan fingerprint density at radius 1 is 1.33 bits per heavy atom. The SMILES string of the molecule is CSc1ncc2c(O)c3n(c2n1)[C@@H]1CCCC[C@H]1N(C(=O)O)C3=O. The number of amides is 2. The summed E-state index contributed by atoms with van der Waals surface area (Å²) in [6, 6.07) is -0.616. The molecule has 2 aliphatic rings. The molecule has 4 rings (SSSR count). The molecule has 0 unspecified atom stereocenters. The highest BCUT2D eigenvalue weighted by Gasteiger charge is 2.47.